The maximum Gasteiger partial charge on any atom is 0.417 e. The molecule has 0 N–H and O–H groups in total. The van der Waals surface area contributed by atoms with Crippen LogP contribution in [-0.4, -0.2) is 62.8 Å². The zero-order chi connectivity index (χ0) is 22.9. The molecule has 0 bridgehead atoms. The number of nitrogens with zero attached hydrogens (tertiary/aromatic N) is 3. The van der Waals surface area contributed by atoms with Gasteiger partial charge in [-0.15, -0.1) is 0 Å². The van der Waals surface area contributed by atoms with Crippen LogP contribution in [0.1, 0.15) is 17.5 Å². The molecule has 10 heteroatoms. The lowest BCUT2D eigenvalue weighted by atomic mass is 10.2. The van der Waals surface area contributed by atoms with Crippen LogP contribution in [0.25, 0.3) is 0 Å². The molecule has 0 saturated carbocycles. The van der Waals surface area contributed by atoms with Gasteiger partial charge in [-0.2, -0.15) is 17.5 Å². The third-order valence-corrected chi connectivity index (χ3v) is 7.93. The summed E-state index contributed by atoms with van der Waals surface area (Å²) in [5.41, 5.74) is 0.939. The molecule has 1 fully saturated rings. The van der Waals surface area contributed by atoms with Crippen molar-refractivity contribution in [2.75, 3.05) is 44.2 Å². The van der Waals surface area contributed by atoms with Crippen molar-refractivity contribution in [3.8, 4) is 0 Å². The summed E-state index contributed by atoms with van der Waals surface area (Å²) in [6.07, 6.45) is -3.62. The fourth-order valence-corrected chi connectivity index (χ4v) is 5.88. The number of carbonyl (C=O) groups is 1. The number of para-hydroxylation sites is 1. The van der Waals surface area contributed by atoms with E-state index in [9.17, 15) is 26.4 Å². The molecule has 0 aliphatic carbocycles. The molecule has 0 unspecified atom stereocenters. The highest BCUT2D eigenvalue weighted by molar-refractivity contribution is 7.89. The van der Waals surface area contributed by atoms with Gasteiger partial charge in [0.1, 0.15) is 0 Å². The van der Waals surface area contributed by atoms with Crippen LogP contribution in [0, 0.1) is 0 Å². The summed E-state index contributed by atoms with van der Waals surface area (Å²) in [6.45, 7) is 2.01. The Kier molecular flexibility index (Phi) is 6.28. The summed E-state index contributed by atoms with van der Waals surface area (Å²) in [6, 6.07) is 12.1. The molecule has 2 aliphatic heterocycles. The topological polar surface area (TPSA) is 60.9 Å². The van der Waals surface area contributed by atoms with Gasteiger partial charge in [-0.05, 0) is 30.2 Å². The summed E-state index contributed by atoms with van der Waals surface area (Å²) in [5.74, 6) is 0.0177. The van der Waals surface area contributed by atoms with Gasteiger partial charge in [0, 0.05) is 51.4 Å². The Morgan fingerprint density at radius 3 is 2.28 bits per heavy atom. The van der Waals surface area contributed by atoms with E-state index in [2.05, 4.69) is 0 Å². The van der Waals surface area contributed by atoms with Gasteiger partial charge in [0.15, 0.2) is 0 Å². The fourth-order valence-electron chi connectivity index (χ4n) is 4.24. The van der Waals surface area contributed by atoms with Crippen molar-refractivity contribution in [2.24, 2.45) is 0 Å². The van der Waals surface area contributed by atoms with Crippen LogP contribution in [0.5, 0.6) is 0 Å². The Morgan fingerprint density at radius 2 is 1.56 bits per heavy atom. The quantitative estimate of drug-likeness (QED) is 0.679. The van der Waals surface area contributed by atoms with Crippen LogP contribution in [0.2, 0.25) is 0 Å². The molecule has 0 spiro atoms. The first-order valence-electron chi connectivity index (χ1n) is 10.4. The molecule has 0 radical (unpaired) electrons. The van der Waals surface area contributed by atoms with Crippen molar-refractivity contribution in [3.63, 3.8) is 0 Å². The average molecular weight is 468 g/mol. The van der Waals surface area contributed by atoms with Gasteiger partial charge in [0.05, 0.1) is 10.5 Å². The zero-order valence-electron chi connectivity index (χ0n) is 17.4. The molecule has 6 nitrogen and oxygen atoms in total. The summed E-state index contributed by atoms with van der Waals surface area (Å²) in [5, 5.41) is 0. The van der Waals surface area contributed by atoms with E-state index in [1.165, 1.54) is 12.1 Å². The smallest absolute Gasteiger partial charge is 0.312 e. The lowest BCUT2D eigenvalue weighted by molar-refractivity contribution is -0.140. The minimum absolute atomic E-state index is 0.0177. The number of carbonyl (C=O) groups excluding carboxylic acids is 1. The fraction of sp³-hybridized carbons (Fsp3) is 0.409. The number of alkyl halides is 3. The summed E-state index contributed by atoms with van der Waals surface area (Å²) < 4.78 is 66.7. The average Bonchev–Trinajstić information content (AvgIpc) is 3.21. The first-order chi connectivity index (χ1) is 15.2. The number of rotatable bonds is 5. The van der Waals surface area contributed by atoms with E-state index in [0.29, 0.717) is 32.6 Å². The SMILES string of the molecule is O=C(CCN1CCN(S(=O)(=O)c2ccccc2C(F)(F)F)CC1)N1CCc2ccccc21. The van der Waals surface area contributed by atoms with Crippen LogP contribution in [0.3, 0.4) is 0 Å². The van der Waals surface area contributed by atoms with E-state index in [1.807, 2.05) is 29.2 Å². The third kappa shape index (κ3) is 4.53. The lowest BCUT2D eigenvalue weighted by Gasteiger charge is -2.34. The number of amides is 1. The Bertz CT molecular complexity index is 1100. The maximum atomic E-state index is 13.3. The van der Waals surface area contributed by atoms with Crippen LogP contribution in [0.4, 0.5) is 18.9 Å². The van der Waals surface area contributed by atoms with E-state index < -0.39 is 26.7 Å². The second-order valence-electron chi connectivity index (χ2n) is 7.91. The van der Waals surface area contributed by atoms with Crippen molar-refractivity contribution < 1.29 is 26.4 Å². The second kappa shape index (κ2) is 8.84. The van der Waals surface area contributed by atoms with E-state index in [-0.39, 0.29) is 19.0 Å². The molecule has 172 valence electrons. The van der Waals surface area contributed by atoms with Gasteiger partial charge in [0.2, 0.25) is 15.9 Å². The minimum atomic E-state index is -4.75. The van der Waals surface area contributed by atoms with E-state index >= 15 is 0 Å². The highest BCUT2D eigenvalue weighted by Gasteiger charge is 2.39. The largest absolute Gasteiger partial charge is 0.417 e. The summed E-state index contributed by atoms with van der Waals surface area (Å²) in [4.78, 5) is 15.7. The third-order valence-electron chi connectivity index (χ3n) is 5.97. The summed E-state index contributed by atoms with van der Waals surface area (Å²) in [7, 11) is -4.27. The molecule has 2 aromatic rings. The predicted octanol–water partition coefficient (Wildman–Crippen LogP) is 2.99. The number of hydrogen-bond donors (Lipinski definition) is 0. The van der Waals surface area contributed by atoms with E-state index in [1.54, 1.807) is 4.90 Å². The number of sulfonamides is 1. The molecule has 2 aliphatic rings. The van der Waals surface area contributed by atoms with Crippen molar-refractivity contribution in [2.45, 2.75) is 23.9 Å². The van der Waals surface area contributed by atoms with Gasteiger partial charge >= 0.3 is 6.18 Å². The van der Waals surface area contributed by atoms with E-state index in [4.69, 9.17) is 0 Å². The molecular formula is C22H24F3N3O3S. The number of halogens is 3. The Hall–Kier alpha value is -2.43. The Balaban J connectivity index is 1.34. The number of benzene rings is 2. The maximum absolute atomic E-state index is 13.3. The molecule has 2 heterocycles. The Labute approximate surface area is 185 Å². The van der Waals surface area contributed by atoms with Crippen molar-refractivity contribution in [3.05, 3.63) is 59.7 Å². The molecule has 0 aromatic heterocycles. The highest BCUT2D eigenvalue weighted by atomic mass is 32.2. The zero-order valence-corrected chi connectivity index (χ0v) is 18.2. The van der Waals surface area contributed by atoms with Crippen molar-refractivity contribution >= 4 is 21.6 Å². The molecule has 0 atom stereocenters. The lowest BCUT2D eigenvalue weighted by Crippen LogP contribution is -2.49. The van der Waals surface area contributed by atoms with Crippen molar-refractivity contribution in [1.82, 2.24) is 9.21 Å². The first-order valence-corrected chi connectivity index (χ1v) is 11.9. The highest BCUT2D eigenvalue weighted by Crippen LogP contribution is 2.35. The van der Waals surface area contributed by atoms with Gasteiger partial charge < -0.3 is 9.80 Å². The number of hydrogen-bond acceptors (Lipinski definition) is 4. The summed E-state index contributed by atoms with van der Waals surface area (Å²) >= 11 is 0. The number of anilines is 1. The second-order valence-corrected chi connectivity index (χ2v) is 9.82. The van der Waals surface area contributed by atoms with Crippen LogP contribution in [-0.2, 0) is 27.4 Å². The van der Waals surface area contributed by atoms with Crippen LogP contribution in [0.15, 0.2) is 53.4 Å². The molecule has 2 aromatic carbocycles. The number of piperazine rings is 1. The number of fused-ring (bicyclic) bond motifs is 1. The molecule has 4 rings (SSSR count). The first kappa shape index (κ1) is 22.8. The predicted molar refractivity (Wildman–Crippen MR) is 114 cm³/mol. The molecule has 1 amide bonds. The van der Waals surface area contributed by atoms with Crippen molar-refractivity contribution in [1.29, 1.82) is 0 Å². The van der Waals surface area contributed by atoms with Crippen LogP contribution < -0.4 is 4.90 Å². The Morgan fingerprint density at radius 1 is 0.906 bits per heavy atom. The normalized spacial score (nSPS) is 18.0. The molecule has 32 heavy (non-hydrogen) atoms. The van der Waals surface area contributed by atoms with Gasteiger partial charge in [-0.3, -0.25) is 4.79 Å². The molecule has 1 saturated heterocycles. The minimum Gasteiger partial charge on any atom is -0.312 e. The molecular weight excluding hydrogens is 443 g/mol. The standard InChI is InChI=1S/C22H24F3N3O3S/c23-22(24,25)18-6-2-4-8-20(18)32(30,31)27-15-13-26(14-16-27)11-10-21(29)28-12-9-17-5-1-3-7-19(17)28/h1-8H,9-16H2. The monoisotopic (exact) mass is 467 g/mol. The van der Waals surface area contributed by atoms with Gasteiger partial charge in [-0.25, -0.2) is 8.42 Å². The van der Waals surface area contributed by atoms with Crippen LogP contribution >= 0.6 is 0 Å². The van der Waals surface area contributed by atoms with Gasteiger partial charge in [-0.1, -0.05) is 30.3 Å². The van der Waals surface area contributed by atoms with E-state index in [0.717, 1.165) is 34.1 Å². The van der Waals surface area contributed by atoms with Gasteiger partial charge in [0.25, 0.3) is 0 Å².